The minimum absolute atomic E-state index is 1.10. The smallest absolute Gasteiger partial charge is 0.0159 e. The van der Waals surface area contributed by atoms with Crippen LogP contribution in [0.3, 0.4) is 0 Å². The molecule has 3 heteroatoms. The summed E-state index contributed by atoms with van der Waals surface area (Å²) in [6, 6.07) is 0. The van der Waals surface area contributed by atoms with Crippen molar-refractivity contribution in [2.45, 2.75) is 19.8 Å². The van der Waals surface area contributed by atoms with Crippen molar-refractivity contribution >= 4 is 27.7 Å². The zero-order chi connectivity index (χ0) is 9.23. The molecule has 0 spiro atoms. The van der Waals surface area contributed by atoms with E-state index < -0.39 is 0 Å². The van der Waals surface area contributed by atoms with Crippen LogP contribution >= 0.6 is 27.7 Å². The van der Waals surface area contributed by atoms with E-state index in [0.29, 0.717) is 0 Å². The van der Waals surface area contributed by atoms with Crippen molar-refractivity contribution < 1.29 is 0 Å². The molecular weight excluding hydrogens is 234 g/mol. The van der Waals surface area contributed by atoms with E-state index in [1.165, 1.54) is 38.2 Å². The predicted molar refractivity (Wildman–Crippen MR) is 63.5 cm³/mol. The van der Waals surface area contributed by atoms with Crippen molar-refractivity contribution in [1.82, 2.24) is 4.90 Å². The summed E-state index contributed by atoms with van der Waals surface area (Å²) < 4.78 is 0. The highest BCUT2D eigenvalue weighted by Crippen LogP contribution is 2.00. The van der Waals surface area contributed by atoms with Crippen molar-refractivity contribution in [3.8, 4) is 0 Å². The molecule has 0 aromatic rings. The second-order valence-corrected chi connectivity index (χ2v) is 4.66. The fraction of sp³-hybridized carbons (Fsp3) is 1.00. The van der Waals surface area contributed by atoms with E-state index in [2.05, 4.69) is 34.0 Å². The van der Waals surface area contributed by atoms with Gasteiger partial charge >= 0.3 is 0 Å². The van der Waals surface area contributed by atoms with Crippen LogP contribution in [0.1, 0.15) is 19.8 Å². The molecule has 0 aromatic carbocycles. The molecule has 0 rings (SSSR count). The highest BCUT2D eigenvalue weighted by atomic mass is 79.9. The first-order chi connectivity index (χ1) is 5.85. The maximum absolute atomic E-state index is 3.48. The lowest BCUT2D eigenvalue weighted by atomic mass is 10.3. The molecule has 0 radical (unpaired) electrons. The summed E-state index contributed by atoms with van der Waals surface area (Å²) in [5.74, 6) is 1.29. The number of hydrogen-bond donors (Lipinski definition) is 0. The van der Waals surface area contributed by atoms with Gasteiger partial charge in [0.25, 0.3) is 0 Å². The minimum atomic E-state index is 1.10. The van der Waals surface area contributed by atoms with Gasteiger partial charge in [-0.15, -0.1) is 0 Å². The van der Waals surface area contributed by atoms with Gasteiger partial charge in [-0.1, -0.05) is 22.9 Å². The molecule has 0 fully saturated rings. The number of thioether (sulfide) groups is 1. The third kappa shape index (κ3) is 7.44. The number of nitrogens with zero attached hydrogens (tertiary/aromatic N) is 1. The molecule has 0 saturated carbocycles. The Labute approximate surface area is 89.4 Å². The van der Waals surface area contributed by atoms with Crippen LogP contribution in [0.4, 0.5) is 0 Å². The van der Waals surface area contributed by atoms with E-state index in [1.54, 1.807) is 0 Å². The lowest BCUT2D eigenvalue weighted by molar-refractivity contribution is 0.293. The molecule has 0 bridgehead atoms. The topological polar surface area (TPSA) is 3.24 Å². The SMILES string of the molecule is CCCN(CCBr)CCCSC. The maximum atomic E-state index is 3.48. The number of alkyl halides is 1. The third-order valence-corrected chi connectivity index (χ3v) is 2.81. The Hall–Kier alpha value is 0.790. The van der Waals surface area contributed by atoms with Gasteiger partial charge in [-0.3, -0.25) is 0 Å². The lowest BCUT2D eigenvalue weighted by Gasteiger charge is -2.19. The molecule has 0 aliphatic carbocycles. The zero-order valence-corrected chi connectivity index (χ0v) is 10.6. The van der Waals surface area contributed by atoms with Crippen LogP contribution in [0.2, 0.25) is 0 Å². The summed E-state index contributed by atoms with van der Waals surface area (Å²) in [5.41, 5.74) is 0. The summed E-state index contributed by atoms with van der Waals surface area (Å²) in [7, 11) is 0. The number of rotatable bonds is 8. The summed E-state index contributed by atoms with van der Waals surface area (Å²) in [4.78, 5) is 2.53. The van der Waals surface area contributed by atoms with Gasteiger partial charge in [0.1, 0.15) is 0 Å². The van der Waals surface area contributed by atoms with E-state index in [4.69, 9.17) is 0 Å². The molecule has 0 aromatic heterocycles. The van der Waals surface area contributed by atoms with Crippen molar-refractivity contribution in [2.24, 2.45) is 0 Å². The molecule has 0 heterocycles. The highest BCUT2D eigenvalue weighted by Gasteiger charge is 2.00. The summed E-state index contributed by atoms with van der Waals surface area (Å²) in [6.45, 7) is 5.96. The molecule has 0 aliphatic heterocycles. The largest absolute Gasteiger partial charge is 0.302 e. The fourth-order valence-electron chi connectivity index (χ4n) is 1.20. The maximum Gasteiger partial charge on any atom is 0.0159 e. The molecule has 12 heavy (non-hydrogen) atoms. The Morgan fingerprint density at radius 1 is 1.25 bits per heavy atom. The van der Waals surface area contributed by atoms with E-state index in [-0.39, 0.29) is 0 Å². The molecule has 0 saturated heterocycles. The van der Waals surface area contributed by atoms with Crippen molar-refractivity contribution in [1.29, 1.82) is 0 Å². The van der Waals surface area contributed by atoms with Crippen molar-refractivity contribution in [2.75, 3.05) is 37.0 Å². The summed E-state index contributed by atoms with van der Waals surface area (Å²) in [6.07, 6.45) is 4.77. The van der Waals surface area contributed by atoms with Crippen molar-refractivity contribution in [3.05, 3.63) is 0 Å². The summed E-state index contributed by atoms with van der Waals surface area (Å²) >= 11 is 5.42. The summed E-state index contributed by atoms with van der Waals surface area (Å²) in [5, 5.41) is 1.10. The van der Waals surface area contributed by atoms with Crippen LogP contribution in [-0.4, -0.2) is 41.9 Å². The minimum Gasteiger partial charge on any atom is -0.302 e. The molecule has 74 valence electrons. The molecule has 0 aliphatic rings. The molecule has 0 atom stereocenters. The standard InChI is InChI=1S/C9H20BrNS/c1-3-6-11(8-5-10)7-4-9-12-2/h3-9H2,1-2H3. The number of hydrogen-bond acceptors (Lipinski definition) is 2. The Kier molecular flexibility index (Phi) is 10.5. The van der Waals surface area contributed by atoms with Crippen LogP contribution in [0.15, 0.2) is 0 Å². The van der Waals surface area contributed by atoms with E-state index in [1.807, 2.05) is 11.8 Å². The molecule has 0 unspecified atom stereocenters. The van der Waals surface area contributed by atoms with Crippen LogP contribution in [0, 0.1) is 0 Å². The van der Waals surface area contributed by atoms with Crippen LogP contribution in [-0.2, 0) is 0 Å². The third-order valence-electron chi connectivity index (χ3n) is 1.76. The monoisotopic (exact) mass is 253 g/mol. The second-order valence-electron chi connectivity index (χ2n) is 2.88. The Bertz CT molecular complexity index is 84.6. The molecule has 0 N–H and O–H groups in total. The molecule has 1 nitrogen and oxygen atoms in total. The van der Waals surface area contributed by atoms with E-state index >= 15 is 0 Å². The highest BCUT2D eigenvalue weighted by molar-refractivity contribution is 9.09. The van der Waals surface area contributed by atoms with Gasteiger partial charge in [0, 0.05) is 11.9 Å². The van der Waals surface area contributed by atoms with Gasteiger partial charge < -0.3 is 4.90 Å². The average molecular weight is 254 g/mol. The van der Waals surface area contributed by atoms with Crippen LogP contribution in [0.25, 0.3) is 0 Å². The van der Waals surface area contributed by atoms with Gasteiger partial charge in [0.15, 0.2) is 0 Å². The van der Waals surface area contributed by atoms with Crippen LogP contribution < -0.4 is 0 Å². The second kappa shape index (κ2) is 9.87. The van der Waals surface area contributed by atoms with Gasteiger partial charge in [0.05, 0.1) is 0 Å². The fourth-order valence-corrected chi connectivity index (χ4v) is 2.12. The van der Waals surface area contributed by atoms with E-state index in [0.717, 1.165) is 5.33 Å². The number of halogens is 1. The first kappa shape index (κ1) is 12.8. The van der Waals surface area contributed by atoms with Crippen molar-refractivity contribution in [3.63, 3.8) is 0 Å². The normalized spacial score (nSPS) is 11.0. The zero-order valence-electron chi connectivity index (χ0n) is 8.18. The quantitative estimate of drug-likeness (QED) is 0.484. The van der Waals surface area contributed by atoms with Gasteiger partial charge in [0.2, 0.25) is 0 Å². The lowest BCUT2D eigenvalue weighted by Crippen LogP contribution is -2.28. The first-order valence-corrected chi connectivity index (χ1v) is 7.14. The average Bonchev–Trinajstić information content (AvgIpc) is 2.06. The van der Waals surface area contributed by atoms with Crippen LogP contribution in [0.5, 0.6) is 0 Å². The van der Waals surface area contributed by atoms with Gasteiger partial charge in [-0.2, -0.15) is 11.8 Å². The molecule has 0 amide bonds. The van der Waals surface area contributed by atoms with Gasteiger partial charge in [-0.25, -0.2) is 0 Å². The Morgan fingerprint density at radius 3 is 2.50 bits per heavy atom. The Morgan fingerprint density at radius 2 is 2.00 bits per heavy atom. The van der Waals surface area contributed by atoms with Gasteiger partial charge in [-0.05, 0) is 37.9 Å². The van der Waals surface area contributed by atoms with E-state index in [9.17, 15) is 0 Å². The first-order valence-electron chi connectivity index (χ1n) is 4.62. The Balaban J connectivity index is 3.34. The predicted octanol–water partition coefficient (Wildman–Crippen LogP) is 2.85. The molecular formula is C9H20BrNS.